The van der Waals surface area contributed by atoms with Crippen molar-refractivity contribution in [2.45, 2.75) is 26.4 Å². The van der Waals surface area contributed by atoms with Crippen LogP contribution in [0.1, 0.15) is 13.8 Å². The molecule has 0 spiro atoms. The van der Waals surface area contributed by atoms with Crippen LogP contribution in [0.2, 0.25) is 6.55 Å². The van der Waals surface area contributed by atoms with Crippen molar-refractivity contribution in [2.75, 3.05) is 7.05 Å². The van der Waals surface area contributed by atoms with Crippen molar-refractivity contribution in [1.29, 1.82) is 0 Å². The first-order valence-corrected chi connectivity index (χ1v) is 6.33. The van der Waals surface area contributed by atoms with E-state index in [9.17, 15) is 0 Å². The first-order valence-electron chi connectivity index (χ1n) is 2.91. The molecule has 50 valence electrons. The monoisotopic (exact) mass is 151 g/mol. The normalized spacial score (nSPS) is 15.4. The smallest absolute Gasteiger partial charge is 0.210 e. The highest BCUT2D eigenvalue weighted by molar-refractivity contribution is 7.04. The van der Waals surface area contributed by atoms with Crippen molar-refractivity contribution in [3.63, 3.8) is 0 Å². The highest BCUT2D eigenvalue weighted by Crippen LogP contribution is 2.00. The number of hydrogen-bond donors (Lipinski definition) is 0. The summed E-state index contributed by atoms with van der Waals surface area (Å²) >= 11 is 5.89. The van der Waals surface area contributed by atoms with E-state index in [4.69, 9.17) is 11.1 Å². The van der Waals surface area contributed by atoms with Crippen LogP contribution in [0.4, 0.5) is 0 Å². The van der Waals surface area contributed by atoms with Crippen LogP contribution in [0.5, 0.6) is 0 Å². The molecule has 0 heterocycles. The molecule has 3 heteroatoms. The average molecular weight is 152 g/mol. The zero-order valence-electron chi connectivity index (χ0n) is 5.98. The minimum Gasteiger partial charge on any atom is -0.315 e. The molecule has 1 atom stereocenters. The quantitative estimate of drug-likeness (QED) is 0.426. The molecular weight excluding hydrogens is 138 g/mol. The van der Waals surface area contributed by atoms with Gasteiger partial charge in [-0.05, 0) is 19.6 Å². The SMILES string of the molecule is CC(C)N(C)[SiH](C)Cl. The molecule has 1 unspecified atom stereocenters. The molecule has 0 aliphatic rings. The van der Waals surface area contributed by atoms with Crippen molar-refractivity contribution in [3.8, 4) is 0 Å². The molecule has 0 aliphatic heterocycles. The molecule has 0 amide bonds. The Kier molecular flexibility index (Phi) is 3.69. The molecule has 0 fully saturated rings. The van der Waals surface area contributed by atoms with E-state index in [1.54, 1.807) is 0 Å². The minimum atomic E-state index is -1.02. The van der Waals surface area contributed by atoms with Crippen LogP contribution in [0.25, 0.3) is 0 Å². The Hall–Kier alpha value is 0.467. The zero-order valence-corrected chi connectivity index (χ0v) is 7.89. The van der Waals surface area contributed by atoms with Crippen LogP contribution >= 0.6 is 11.1 Å². The van der Waals surface area contributed by atoms with E-state index in [1.807, 2.05) is 0 Å². The predicted molar refractivity (Wildman–Crippen MR) is 41.8 cm³/mol. The summed E-state index contributed by atoms with van der Waals surface area (Å²) in [6, 6.07) is 0.606. The van der Waals surface area contributed by atoms with E-state index in [2.05, 4.69) is 32.0 Å². The van der Waals surface area contributed by atoms with E-state index in [0.717, 1.165) is 0 Å². The van der Waals surface area contributed by atoms with Gasteiger partial charge in [0.05, 0.1) is 0 Å². The van der Waals surface area contributed by atoms with E-state index in [0.29, 0.717) is 6.04 Å². The molecular formula is C5H14ClNSi. The second-order valence-electron chi connectivity index (χ2n) is 2.33. The van der Waals surface area contributed by atoms with Gasteiger partial charge in [0.2, 0.25) is 8.27 Å². The molecule has 0 bridgehead atoms. The molecule has 0 aromatic rings. The van der Waals surface area contributed by atoms with E-state index < -0.39 is 8.27 Å². The lowest BCUT2D eigenvalue weighted by Gasteiger charge is -2.22. The Morgan fingerprint density at radius 1 is 1.50 bits per heavy atom. The highest BCUT2D eigenvalue weighted by Gasteiger charge is 2.09. The van der Waals surface area contributed by atoms with Crippen LogP contribution in [0.15, 0.2) is 0 Å². The molecule has 0 radical (unpaired) electrons. The zero-order chi connectivity index (χ0) is 6.73. The maximum Gasteiger partial charge on any atom is 0.210 e. The van der Waals surface area contributed by atoms with Gasteiger partial charge in [-0.15, -0.1) is 0 Å². The van der Waals surface area contributed by atoms with E-state index in [1.165, 1.54) is 0 Å². The van der Waals surface area contributed by atoms with Gasteiger partial charge in [-0.3, -0.25) is 0 Å². The van der Waals surface area contributed by atoms with Gasteiger partial charge in [-0.25, -0.2) is 0 Å². The lowest BCUT2D eigenvalue weighted by Crippen LogP contribution is -2.34. The fourth-order valence-corrected chi connectivity index (χ4v) is 1.91. The van der Waals surface area contributed by atoms with Crippen molar-refractivity contribution in [3.05, 3.63) is 0 Å². The van der Waals surface area contributed by atoms with E-state index in [-0.39, 0.29) is 0 Å². The third-order valence-corrected chi connectivity index (χ3v) is 4.02. The van der Waals surface area contributed by atoms with Gasteiger partial charge in [-0.2, -0.15) is 11.1 Å². The second-order valence-corrected chi connectivity index (χ2v) is 6.19. The molecule has 0 aromatic heterocycles. The Bertz CT molecular complexity index is 57.4. The minimum absolute atomic E-state index is 0.606. The van der Waals surface area contributed by atoms with Crippen molar-refractivity contribution < 1.29 is 0 Å². The topological polar surface area (TPSA) is 3.24 Å². The summed E-state index contributed by atoms with van der Waals surface area (Å²) < 4.78 is 2.24. The summed E-state index contributed by atoms with van der Waals surface area (Å²) in [6.45, 7) is 6.43. The fourth-order valence-electron chi connectivity index (χ4n) is 0.411. The largest absolute Gasteiger partial charge is 0.315 e. The Balaban J connectivity index is 3.46. The van der Waals surface area contributed by atoms with Crippen LogP contribution in [-0.4, -0.2) is 25.9 Å². The van der Waals surface area contributed by atoms with Gasteiger partial charge in [0.25, 0.3) is 0 Å². The molecule has 0 aromatic carbocycles. The summed E-state index contributed by atoms with van der Waals surface area (Å²) in [4.78, 5) is 0. The molecule has 0 aliphatic carbocycles. The maximum absolute atomic E-state index is 5.89. The summed E-state index contributed by atoms with van der Waals surface area (Å²) in [6.07, 6.45) is 0. The van der Waals surface area contributed by atoms with Gasteiger partial charge in [0.1, 0.15) is 0 Å². The summed E-state index contributed by atoms with van der Waals surface area (Å²) in [5.41, 5.74) is 0. The summed E-state index contributed by atoms with van der Waals surface area (Å²) in [5, 5.41) is 0. The molecule has 0 N–H and O–H groups in total. The molecule has 1 nitrogen and oxygen atoms in total. The number of nitrogens with zero attached hydrogens (tertiary/aromatic N) is 1. The highest BCUT2D eigenvalue weighted by atomic mass is 35.6. The van der Waals surface area contributed by atoms with Crippen molar-refractivity contribution in [2.24, 2.45) is 0 Å². The van der Waals surface area contributed by atoms with Crippen molar-refractivity contribution >= 4 is 19.3 Å². The number of hydrogen-bond acceptors (Lipinski definition) is 1. The number of rotatable bonds is 2. The van der Waals surface area contributed by atoms with Gasteiger partial charge >= 0.3 is 0 Å². The Morgan fingerprint density at radius 2 is 1.88 bits per heavy atom. The summed E-state index contributed by atoms with van der Waals surface area (Å²) in [7, 11) is 1.06. The first-order chi connectivity index (χ1) is 3.55. The Labute approximate surface area is 58.0 Å². The average Bonchev–Trinajstić information content (AvgIpc) is 1.64. The molecule has 8 heavy (non-hydrogen) atoms. The molecule has 0 saturated heterocycles. The van der Waals surface area contributed by atoms with Crippen molar-refractivity contribution in [1.82, 2.24) is 4.57 Å². The van der Waals surface area contributed by atoms with Crippen LogP contribution in [0.3, 0.4) is 0 Å². The van der Waals surface area contributed by atoms with Gasteiger partial charge in [-0.1, -0.05) is 13.8 Å². The lowest BCUT2D eigenvalue weighted by molar-refractivity contribution is 0.439. The van der Waals surface area contributed by atoms with Crippen LogP contribution in [-0.2, 0) is 0 Å². The maximum atomic E-state index is 5.89. The first kappa shape index (κ1) is 8.47. The third kappa shape index (κ3) is 2.70. The third-order valence-electron chi connectivity index (χ3n) is 1.38. The second kappa shape index (κ2) is 3.48. The van der Waals surface area contributed by atoms with Gasteiger partial charge in [0, 0.05) is 0 Å². The summed E-state index contributed by atoms with van der Waals surface area (Å²) in [5.74, 6) is 0. The number of halogens is 1. The van der Waals surface area contributed by atoms with Crippen LogP contribution in [0, 0.1) is 0 Å². The lowest BCUT2D eigenvalue weighted by atomic mass is 10.4. The fraction of sp³-hybridized carbons (Fsp3) is 1.00. The Morgan fingerprint density at radius 3 is 1.88 bits per heavy atom. The molecule has 0 rings (SSSR count). The van der Waals surface area contributed by atoms with E-state index >= 15 is 0 Å². The van der Waals surface area contributed by atoms with Gasteiger partial charge in [0.15, 0.2) is 0 Å². The van der Waals surface area contributed by atoms with Gasteiger partial charge < -0.3 is 4.57 Å². The predicted octanol–water partition coefficient (Wildman–Crippen LogP) is 1.42. The standard InChI is InChI=1S/C5H14ClNSi/c1-5(2)7(3)8(4)6/h5,8H,1-4H3. The van der Waals surface area contributed by atoms with Crippen LogP contribution < -0.4 is 0 Å². The molecule has 0 saturated carbocycles.